The van der Waals surface area contributed by atoms with Gasteiger partial charge in [0.2, 0.25) is 0 Å². The summed E-state index contributed by atoms with van der Waals surface area (Å²) in [6.07, 6.45) is -3.70. The first-order valence-corrected chi connectivity index (χ1v) is 8.43. The highest BCUT2D eigenvalue weighted by molar-refractivity contribution is 5.82. The van der Waals surface area contributed by atoms with Gasteiger partial charge >= 0.3 is 5.69 Å². The maximum absolute atomic E-state index is 12.2. The van der Waals surface area contributed by atoms with Gasteiger partial charge in [-0.2, -0.15) is 4.98 Å². The number of aliphatic hydroxyl groups is 4. The van der Waals surface area contributed by atoms with E-state index in [0.717, 1.165) is 5.57 Å². The van der Waals surface area contributed by atoms with Crippen LogP contribution in [0.1, 0.15) is 20.1 Å². The number of aromatic nitrogens is 4. The second-order valence-corrected chi connectivity index (χ2v) is 6.72. The van der Waals surface area contributed by atoms with E-state index in [1.807, 2.05) is 19.9 Å². The molecule has 0 amide bonds. The summed E-state index contributed by atoms with van der Waals surface area (Å²) < 4.78 is 8.19. The largest absolute Gasteiger partial charge is 0.394 e. The van der Waals surface area contributed by atoms with Crippen molar-refractivity contribution in [3.05, 3.63) is 28.5 Å². The van der Waals surface area contributed by atoms with Crippen molar-refractivity contribution in [2.45, 2.75) is 51.0 Å². The van der Waals surface area contributed by atoms with Gasteiger partial charge in [0.25, 0.3) is 0 Å². The zero-order chi connectivity index (χ0) is 19.9. The normalized spacial score (nSPS) is 28.4. The van der Waals surface area contributed by atoms with Gasteiger partial charge in [-0.1, -0.05) is 11.6 Å². The highest BCUT2D eigenvalue weighted by Gasteiger charge is 2.44. The summed E-state index contributed by atoms with van der Waals surface area (Å²) >= 11 is 0. The van der Waals surface area contributed by atoms with Gasteiger partial charge in [-0.25, -0.2) is 9.78 Å². The maximum Gasteiger partial charge on any atom is 0.351 e. The second kappa shape index (κ2) is 7.37. The number of aliphatic hydroxyl groups excluding tert-OH is 4. The van der Waals surface area contributed by atoms with Crippen molar-refractivity contribution in [1.29, 1.82) is 0 Å². The van der Waals surface area contributed by atoms with Crippen LogP contribution in [0.25, 0.3) is 11.2 Å². The predicted molar refractivity (Wildman–Crippen MR) is 94.6 cm³/mol. The molecule has 6 N–H and O–H groups in total. The fraction of sp³-hybridized carbons (Fsp3) is 0.562. The first-order valence-electron chi connectivity index (χ1n) is 8.43. The molecule has 11 heteroatoms. The van der Waals surface area contributed by atoms with Crippen molar-refractivity contribution in [3.63, 3.8) is 0 Å². The first-order chi connectivity index (χ1) is 12.8. The van der Waals surface area contributed by atoms with Crippen molar-refractivity contribution >= 4 is 17.0 Å². The zero-order valence-corrected chi connectivity index (χ0v) is 14.9. The van der Waals surface area contributed by atoms with Crippen LogP contribution in [0.3, 0.4) is 0 Å². The molecule has 3 rings (SSSR count). The van der Waals surface area contributed by atoms with Crippen LogP contribution in [0.4, 0.5) is 5.82 Å². The van der Waals surface area contributed by atoms with Gasteiger partial charge in [0.05, 0.1) is 12.9 Å². The van der Waals surface area contributed by atoms with E-state index < -0.39 is 42.9 Å². The summed E-state index contributed by atoms with van der Waals surface area (Å²) in [4.78, 5) is 20.2. The molecule has 0 unspecified atom stereocenters. The topological polar surface area (TPSA) is 169 Å². The molecule has 0 aromatic carbocycles. The van der Waals surface area contributed by atoms with E-state index in [1.54, 1.807) is 0 Å². The number of hydrogen-bond donors (Lipinski definition) is 5. The third-order valence-electron chi connectivity index (χ3n) is 4.54. The molecular formula is C16H23N5O6. The Morgan fingerprint density at radius 2 is 2.00 bits per heavy atom. The van der Waals surface area contributed by atoms with E-state index in [-0.39, 0.29) is 23.5 Å². The van der Waals surface area contributed by atoms with Crippen LogP contribution in [0, 0.1) is 0 Å². The molecule has 1 aliphatic heterocycles. The molecule has 2 aromatic rings. The molecule has 3 heterocycles. The van der Waals surface area contributed by atoms with Crippen LogP contribution in [0.5, 0.6) is 0 Å². The van der Waals surface area contributed by atoms with Crippen molar-refractivity contribution in [2.75, 3.05) is 12.3 Å². The van der Waals surface area contributed by atoms with Gasteiger partial charge in [0.1, 0.15) is 29.9 Å². The molecule has 11 nitrogen and oxygen atoms in total. The number of allylic oxidation sites excluding steroid dienone is 2. The van der Waals surface area contributed by atoms with Crippen molar-refractivity contribution in [1.82, 2.24) is 19.1 Å². The molecule has 0 radical (unpaired) electrons. The predicted octanol–water partition coefficient (Wildman–Crippen LogP) is -1.89. The Labute approximate surface area is 154 Å². The Kier molecular flexibility index (Phi) is 5.31. The molecule has 0 bridgehead atoms. The lowest BCUT2D eigenvalue weighted by Crippen LogP contribution is -2.56. The molecule has 1 aliphatic rings. The number of rotatable bonds is 4. The number of imidazole rings is 1. The highest BCUT2D eigenvalue weighted by Crippen LogP contribution is 2.31. The zero-order valence-electron chi connectivity index (χ0n) is 14.9. The Bertz CT molecular complexity index is 916. The summed E-state index contributed by atoms with van der Waals surface area (Å²) in [6.45, 7) is 3.45. The van der Waals surface area contributed by atoms with E-state index in [2.05, 4.69) is 9.97 Å². The number of nitrogens with two attached hydrogens (primary N) is 1. The number of ether oxygens (including phenoxy) is 1. The second-order valence-electron chi connectivity index (χ2n) is 6.72. The van der Waals surface area contributed by atoms with Crippen LogP contribution in [0.2, 0.25) is 0 Å². The van der Waals surface area contributed by atoms with Gasteiger partial charge in [-0.05, 0) is 13.8 Å². The smallest absolute Gasteiger partial charge is 0.351 e. The third-order valence-corrected chi connectivity index (χ3v) is 4.54. The maximum atomic E-state index is 12.2. The molecule has 2 aromatic heterocycles. The Balaban J connectivity index is 2.12. The summed E-state index contributed by atoms with van der Waals surface area (Å²) in [7, 11) is 0. The minimum atomic E-state index is -1.55. The van der Waals surface area contributed by atoms with Gasteiger partial charge in [0.15, 0.2) is 17.7 Å². The van der Waals surface area contributed by atoms with Gasteiger partial charge in [0, 0.05) is 6.54 Å². The molecule has 0 spiro atoms. The fourth-order valence-corrected chi connectivity index (χ4v) is 3.05. The number of anilines is 1. The quantitative estimate of drug-likeness (QED) is 0.380. The first kappa shape index (κ1) is 19.5. The summed E-state index contributed by atoms with van der Waals surface area (Å²) in [6, 6.07) is 0. The SMILES string of the molecule is CC(C)=CCn1c(=O)nc(N)c2c1ncn2[C@@H]1O[C@H](CO)[C@@H](O)[C@H](O)[C@H]1O. The minimum absolute atomic E-state index is 0.113. The molecule has 1 saturated heterocycles. The van der Waals surface area contributed by atoms with E-state index in [9.17, 15) is 25.2 Å². The van der Waals surface area contributed by atoms with Gasteiger partial charge in [-0.15, -0.1) is 0 Å². The van der Waals surface area contributed by atoms with E-state index in [1.165, 1.54) is 15.5 Å². The number of nitrogen functional groups attached to an aromatic ring is 1. The molecule has 0 saturated carbocycles. The third kappa shape index (κ3) is 3.35. The molecule has 5 atom stereocenters. The monoisotopic (exact) mass is 381 g/mol. The van der Waals surface area contributed by atoms with Crippen LogP contribution < -0.4 is 11.4 Å². The number of nitrogens with zero attached hydrogens (tertiary/aromatic N) is 4. The van der Waals surface area contributed by atoms with E-state index in [4.69, 9.17) is 10.5 Å². The van der Waals surface area contributed by atoms with Crippen molar-refractivity contribution < 1.29 is 25.2 Å². The molecule has 0 aliphatic carbocycles. The summed E-state index contributed by atoms with van der Waals surface area (Å²) in [5.74, 6) is -0.113. The number of fused-ring (bicyclic) bond motifs is 1. The Morgan fingerprint density at radius 1 is 1.30 bits per heavy atom. The molecule has 148 valence electrons. The molecule has 27 heavy (non-hydrogen) atoms. The van der Waals surface area contributed by atoms with E-state index in [0.29, 0.717) is 0 Å². The van der Waals surface area contributed by atoms with E-state index >= 15 is 0 Å². The standard InChI is InChI=1S/C16H23N5O6/c1-7(2)3-4-20-14-9(13(17)19-16(20)26)21(6-18-14)15-12(25)11(24)10(23)8(5-22)27-15/h3,6,8,10-12,15,22-25H,4-5H2,1-2H3,(H2,17,19,26)/t8-,10-,11+,12-,15-/m1/s1. The lowest BCUT2D eigenvalue weighted by Gasteiger charge is -2.40. The van der Waals surface area contributed by atoms with Crippen molar-refractivity contribution in [2.24, 2.45) is 0 Å². The summed E-state index contributed by atoms with van der Waals surface area (Å²) in [5.41, 5.74) is 6.81. The average Bonchev–Trinajstić information content (AvgIpc) is 3.05. The lowest BCUT2D eigenvalue weighted by atomic mass is 9.98. The van der Waals surface area contributed by atoms with Crippen LogP contribution >= 0.6 is 0 Å². The number of hydrogen-bond acceptors (Lipinski definition) is 9. The molecular weight excluding hydrogens is 358 g/mol. The Hall–Kier alpha value is -2.31. The van der Waals surface area contributed by atoms with Crippen LogP contribution in [-0.4, -0.2) is 70.6 Å². The Morgan fingerprint density at radius 3 is 2.63 bits per heavy atom. The minimum Gasteiger partial charge on any atom is -0.394 e. The summed E-state index contributed by atoms with van der Waals surface area (Å²) in [5, 5.41) is 39.7. The molecule has 1 fully saturated rings. The van der Waals surface area contributed by atoms with Crippen LogP contribution in [-0.2, 0) is 11.3 Å². The van der Waals surface area contributed by atoms with Gasteiger partial charge < -0.3 is 30.9 Å². The van der Waals surface area contributed by atoms with Crippen LogP contribution in [0.15, 0.2) is 22.8 Å². The fourth-order valence-electron chi connectivity index (χ4n) is 3.05. The average molecular weight is 381 g/mol. The van der Waals surface area contributed by atoms with Crippen molar-refractivity contribution in [3.8, 4) is 0 Å². The van der Waals surface area contributed by atoms with Gasteiger partial charge in [-0.3, -0.25) is 9.13 Å². The lowest BCUT2D eigenvalue weighted by molar-refractivity contribution is -0.250. The highest BCUT2D eigenvalue weighted by atomic mass is 16.6.